The van der Waals surface area contributed by atoms with Crippen LogP contribution in [-0.4, -0.2) is 49.2 Å². The van der Waals surface area contributed by atoms with Gasteiger partial charge in [-0.2, -0.15) is 0 Å². The molecule has 28 heavy (non-hydrogen) atoms. The van der Waals surface area contributed by atoms with Crippen LogP contribution in [0.4, 0.5) is 0 Å². The van der Waals surface area contributed by atoms with Crippen molar-refractivity contribution >= 4 is 29.9 Å². The van der Waals surface area contributed by atoms with Gasteiger partial charge in [0, 0.05) is 39.3 Å². The Bertz CT molecular complexity index is 591. The molecule has 0 spiro atoms. The summed E-state index contributed by atoms with van der Waals surface area (Å²) in [5.74, 6) is 0.919. The van der Waals surface area contributed by atoms with Crippen LogP contribution in [0.1, 0.15) is 57.1 Å². The Morgan fingerprint density at radius 1 is 1.04 bits per heavy atom. The zero-order chi connectivity index (χ0) is 19.1. The minimum absolute atomic E-state index is 0. The zero-order valence-corrected chi connectivity index (χ0v) is 19.9. The van der Waals surface area contributed by atoms with Gasteiger partial charge in [-0.15, -0.1) is 24.0 Å². The van der Waals surface area contributed by atoms with Gasteiger partial charge in [-0.05, 0) is 37.8 Å². The SMILES string of the molecule is CN=C(NCc1ccc(CN2CC(C)OC(C)C2)cc1)NC1CCCCC1.I. The van der Waals surface area contributed by atoms with Crippen LogP contribution >= 0.6 is 24.0 Å². The van der Waals surface area contributed by atoms with Crippen molar-refractivity contribution in [3.63, 3.8) is 0 Å². The lowest BCUT2D eigenvalue weighted by Crippen LogP contribution is -2.44. The summed E-state index contributed by atoms with van der Waals surface area (Å²) in [6.45, 7) is 8.14. The number of hydrogen-bond donors (Lipinski definition) is 2. The standard InChI is InChI=1S/C22H36N4O.HI/c1-17-14-26(15-18(2)27-17)16-20-11-9-19(10-12-20)13-24-22(23-3)25-21-7-5-4-6-8-21;/h9-12,17-18,21H,4-8,13-16H2,1-3H3,(H2,23,24,25);1H. The highest BCUT2D eigenvalue weighted by atomic mass is 127. The third kappa shape index (κ3) is 7.52. The van der Waals surface area contributed by atoms with Crippen LogP contribution in [0.2, 0.25) is 0 Å². The van der Waals surface area contributed by atoms with E-state index in [0.29, 0.717) is 18.2 Å². The minimum atomic E-state index is 0. The molecule has 2 N–H and O–H groups in total. The van der Waals surface area contributed by atoms with E-state index in [1.807, 2.05) is 7.05 Å². The van der Waals surface area contributed by atoms with Gasteiger partial charge < -0.3 is 15.4 Å². The summed E-state index contributed by atoms with van der Waals surface area (Å²) in [5.41, 5.74) is 2.65. The lowest BCUT2D eigenvalue weighted by atomic mass is 9.96. The molecule has 1 aliphatic carbocycles. The highest BCUT2D eigenvalue weighted by Gasteiger charge is 2.22. The molecule has 1 aliphatic heterocycles. The summed E-state index contributed by atoms with van der Waals surface area (Å²) in [5, 5.41) is 7.03. The number of ether oxygens (including phenoxy) is 1. The van der Waals surface area contributed by atoms with E-state index < -0.39 is 0 Å². The first-order chi connectivity index (χ1) is 13.1. The van der Waals surface area contributed by atoms with Crippen LogP contribution in [0.5, 0.6) is 0 Å². The predicted molar refractivity (Wildman–Crippen MR) is 127 cm³/mol. The van der Waals surface area contributed by atoms with Crippen LogP contribution in [-0.2, 0) is 17.8 Å². The summed E-state index contributed by atoms with van der Waals surface area (Å²) in [7, 11) is 1.85. The molecule has 0 radical (unpaired) electrons. The maximum absolute atomic E-state index is 5.83. The Kier molecular flexibility index (Phi) is 10.0. The molecular weight excluding hydrogens is 463 g/mol. The number of benzene rings is 1. The van der Waals surface area contributed by atoms with Crippen molar-refractivity contribution in [1.29, 1.82) is 0 Å². The second-order valence-corrected chi connectivity index (χ2v) is 8.17. The van der Waals surface area contributed by atoms with E-state index in [1.165, 1.54) is 43.2 Å². The second-order valence-electron chi connectivity index (χ2n) is 8.17. The van der Waals surface area contributed by atoms with Crippen molar-refractivity contribution < 1.29 is 4.74 Å². The lowest BCUT2D eigenvalue weighted by molar-refractivity contribution is -0.0704. The fourth-order valence-electron chi connectivity index (χ4n) is 4.25. The maximum atomic E-state index is 5.83. The van der Waals surface area contributed by atoms with E-state index in [1.54, 1.807) is 0 Å². The number of nitrogens with zero attached hydrogens (tertiary/aromatic N) is 2. The van der Waals surface area contributed by atoms with Gasteiger partial charge in [0.05, 0.1) is 12.2 Å². The van der Waals surface area contributed by atoms with Crippen LogP contribution in [0.25, 0.3) is 0 Å². The number of halogens is 1. The van der Waals surface area contributed by atoms with Crippen LogP contribution < -0.4 is 10.6 Å². The van der Waals surface area contributed by atoms with Crippen molar-refractivity contribution in [2.75, 3.05) is 20.1 Å². The highest BCUT2D eigenvalue weighted by Crippen LogP contribution is 2.17. The average molecular weight is 500 g/mol. The summed E-state index contributed by atoms with van der Waals surface area (Å²) in [4.78, 5) is 6.87. The first kappa shape index (κ1) is 23.4. The molecule has 1 aromatic rings. The van der Waals surface area contributed by atoms with E-state index in [2.05, 4.69) is 58.6 Å². The molecule has 2 unspecified atom stereocenters. The Labute approximate surface area is 187 Å². The quantitative estimate of drug-likeness (QED) is 0.366. The summed E-state index contributed by atoms with van der Waals surface area (Å²) in [6.07, 6.45) is 7.19. The van der Waals surface area contributed by atoms with Crippen LogP contribution in [0.15, 0.2) is 29.3 Å². The van der Waals surface area contributed by atoms with Gasteiger partial charge >= 0.3 is 0 Å². The molecule has 5 nitrogen and oxygen atoms in total. The van der Waals surface area contributed by atoms with Crippen LogP contribution in [0, 0.1) is 0 Å². The molecule has 3 rings (SSSR count). The number of nitrogens with one attached hydrogen (secondary N) is 2. The van der Waals surface area contributed by atoms with Crippen molar-refractivity contribution in [2.24, 2.45) is 4.99 Å². The van der Waals surface area contributed by atoms with Crippen molar-refractivity contribution in [3.8, 4) is 0 Å². The Balaban J connectivity index is 0.00000280. The fourth-order valence-corrected chi connectivity index (χ4v) is 4.25. The van der Waals surface area contributed by atoms with E-state index in [4.69, 9.17) is 4.74 Å². The molecule has 0 amide bonds. The predicted octanol–water partition coefficient (Wildman–Crippen LogP) is 3.91. The lowest BCUT2D eigenvalue weighted by Gasteiger charge is -2.35. The zero-order valence-electron chi connectivity index (χ0n) is 17.6. The molecule has 0 aromatic heterocycles. The number of aliphatic imine (C=N–C) groups is 1. The second kappa shape index (κ2) is 12.0. The van der Waals surface area contributed by atoms with E-state index in [9.17, 15) is 0 Å². The number of morpholine rings is 1. The van der Waals surface area contributed by atoms with Gasteiger partial charge in [0.2, 0.25) is 0 Å². The van der Waals surface area contributed by atoms with E-state index in [-0.39, 0.29) is 24.0 Å². The molecule has 6 heteroatoms. The van der Waals surface area contributed by atoms with Crippen molar-refractivity contribution in [3.05, 3.63) is 35.4 Å². The van der Waals surface area contributed by atoms with Gasteiger partial charge in [0.25, 0.3) is 0 Å². The number of guanidine groups is 1. The van der Waals surface area contributed by atoms with Gasteiger partial charge in [-0.25, -0.2) is 0 Å². The molecule has 2 fully saturated rings. The number of hydrogen-bond acceptors (Lipinski definition) is 3. The normalized spacial score (nSPS) is 24.5. The van der Waals surface area contributed by atoms with Crippen LogP contribution in [0.3, 0.4) is 0 Å². The molecule has 2 aliphatic rings. The molecule has 1 heterocycles. The molecule has 2 atom stereocenters. The fraction of sp³-hybridized carbons (Fsp3) is 0.682. The number of rotatable bonds is 5. The van der Waals surface area contributed by atoms with Crippen molar-refractivity contribution in [1.82, 2.24) is 15.5 Å². The molecule has 1 saturated heterocycles. The first-order valence-corrected chi connectivity index (χ1v) is 10.5. The van der Waals surface area contributed by atoms with E-state index >= 15 is 0 Å². The minimum Gasteiger partial charge on any atom is -0.373 e. The Hall–Kier alpha value is -0.860. The first-order valence-electron chi connectivity index (χ1n) is 10.5. The van der Waals surface area contributed by atoms with Gasteiger partial charge in [-0.3, -0.25) is 9.89 Å². The van der Waals surface area contributed by atoms with Gasteiger partial charge in [0.15, 0.2) is 5.96 Å². The Morgan fingerprint density at radius 3 is 2.25 bits per heavy atom. The molecular formula is C22H37IN4O. The largest absolute Gasteiger partial charge is 0.373 e. The van der Waals surface area contributed by atoms with E-state index in [0.717, 1.165) is 32.1 Å². The summed E-state index contributed by atoms with van der Waals surface area (Å²) in [6, 6.07) is 9.52. The smallest absolute Gasteiger partial charge is 0.191 e. The third-order valence-electron chi connectivity index (χ3n) is 5.55. The maximum Gasteiger partial charge on any atom is 0.191 e. The molecule has 1 aromatic carbocycles. The van der Waals surface area contributed by atoms with Gasteiger partial charge in [0.1, 0.15) is 0 Å². The molecule has 0 bridgehead atoms. The monoisotopic (exact) mass is 500 g/mol. The highest BCUT2D eigenvalue weighted by molar-refractivity contribution is 14.0. The third-order valence-corrected chi connectivity index (χ3v) is 5.55. The molecule has 158 valence electrons. The van der Waals surface area contributed by atoms with Gasteiger partial charge in [-0.1, -0.05) is 43.5 Å². The van der Waals surface area contributed by atoms with Crippen molar-refractivity contribution in [2.45, 2.75) is 77.3 Å². The topological polar surface area (TPSA) is 48.9 Å². The Morgan fingerprint density at radius 2 is 1.64 bits per heavy atom. The summed E-state index contributed by atoms with van der Waals surface area (Å²) < 4.78 is 5.83. The average Bonchev–Trinajstić information content (AvgIpc) is 2.66. The summed E-state index contributed by atoms with van der Waals surface area (Å²) >= 11 is 0. The molecule has 1 saturated carbocycles.